The zero-order valence-corrected chi connectivity index (χ0v) is 12.0. The second-order valence-corrected chi connectivity index (χ2v) is 6.12. The summed E-state index contributed by atoms with van der Waals surface area (Å²) in [5.41, 5.74) is 5.90. The van der Waals surface area contributed by atoms with E-state index in [1.54, 1.807) is 0 Å². The van der Waals surface area contributed by atoms with Crippen molar-refractivity contribution in [3.05, 3.63) is 0 Å². The molecule has 1 saturated carbocycles. The minimum atomic E-state index is 0.1000. The van der Waals surface area contributed by atoms with Gasteiger partial charge in [-0.25, -0.2) is 0 Å². The summed E-state index contributed by atoms with van der Waals surface area (Å²) in [6.45, 7) is 7.15. The topological polar surface area (TPSA) is 67.6 Å². The molecule has 2 fully saturated rings. The maximum absolute atomic E-state index is 12.1. The summed E-state index contributed by atoms with van der Waals surface area (Å²) in [6, 6.07) is 0.195. The number of hydrogen-bond acceptors (Lipinski definition) is 4. The highest BCUT2D eigenvalue weighted by atomic mass is 16.5. The summed E-state index contributed by atoms with van der Waals surface area (Å²) >= 11 is 0. The number of morpholine rings is 1. The van der Waals surface area contributed by atoms with Crippen molar-refractivity contribution < 1.29 is 9.53 Å². The number of nitrogens with zero attached hydrogens (tertiary/aromatic N) is 1. The molecule has 3 N–H and O–H groups in total. The summed E-state index contributed by atoms with van der Waals surface area (Å²) in [6.07, 6.45) is 4.02. The van der Waals surface area contributed by atoms with Crippen LogP contribution < -0.4 is 11.1 Å². The van der Waals surface area contributed by atoms with Gasteiger partial charge in [0, 0.05) is 32.1 Å². The molecule has 1 amide bonds. The second kappa shape index (κ2) is 6.68. The minimum Gasteiger partial charge on any atom is -0.379 e. The molecule has 1 aliphatic heterocycles. The van der Waals surface area contributed by atoms with E-state index in [1.807, 2.05) is 0 Å². The molecule has 0 radical (unpaired) electrons. The van der Waals surface area contributed by atoms with Gasteiger partial charge in [0.05, 0.1) is 13.2 Å². The molecule has 5 heteroatoms. The first kappa shape index (κ1) is 14.8. The SMILES string of the molecule is CC(CN1CCOCC1)NC(=O)CC1(CN)CCC1. The lowest BCUT2D eigenvalue weighted by atomic mass is 9.66. The van der Waals surface area contributed by atoms with Gasteiger partial charge in [-0.2, -0.15) is 0 Å². The highest BCUT2D eigenvalue weighted by Gasteiger charge is 2.37. The number of hydrogen-bond donors (Lipinski definition) is 2. The van der Waals surface area contributed by atoms with Crippen molar-refractivity contribution in [2.75, 3.05) is 39.4 Å². The third-order valence-electron chi connectivity index (χ3n) is 4.43. The van der Waals surface area contributed by atoms with Crippen LogP contribution in [0.5, 0.6) is 0 Å². The van der Waals surface area contributed by atoms with Gasteiger partial charge in [0.25, 0.3) is 0 Å². The van der Waals surface area contributed by atoms with Gasteiger partial charge >= 0.3 is 0 Å². The highest BCUT2D eigenvalue weighted by molar-refractivity contribution is 5.77. The molecule has 2 aliphatic rings. The summed E-state index contributed by atoms with van der Waals surface area (Å²) < 4.78 is 5.32. The fraction of sp³-hybridized carbons (Fsp3) is 0.929. The summed E-state index contributed by atoms with van der Waals surface area (Å²) in [5, 5.41) is 3.11. The van der Waals surface area contributed by atoms with Crippen LogP contribution in [0, 0.1) is 5.41 Å². The molecule has 1 heterocycles. The van der Waals surface area contributed by atoms with E-state index in [9.17, 15) is 4.79 Å². The van der Waals surface area contributed by atoms with Gasteiger partial charge in [-0.05, 0) is 31.7 Å². The van der Waals surface area contributed by atoms with Gasteiger partial charge in [0.1, 0.15) is 0 Å². The molecule has 1 unspecified atom stereocenters. The van der Waals surface area contributed by atoms with Crippen molar-refractivity contribution in [1.82, 2.24) is 10.2 Å². The van der Waals surface area contributed by atoms with Crippen LogP contribution in [0.3, 0.4) is 0 Å². The molecule has 5 nitrogen and oxygen atoms in total. The van der Waals surface area contributed by atoms with E-state index >= 15 is 0 Å². The Balaban J connectivity index is 1.69. The Bertz CT molecular complexity index is 294. The van der Waals surface area contributed by atoms with E-state index < -0.39 is 0 Å². The number of nitrogens with two attached hydrogens (primary N) is 1. The molecule has 0 bridgehead atoms. The monoisotopic (exact) mass is 269 g/mol. The van der Waals surface area contributed by atoms with E-state index in [-0.39, 0.29) is 17.4 Å². The van der Waals surface area contributed by atoms with E-state index in [2.05, 4.69) is 17.1 Å². The third kappa shape index (κ3) is 4.16. The van der Waals surface area contributed by atoms with E-state index in [4.69, 9.17) is 10.5 Å². The molecule has 1 atom stereocenters. The fourth-order valence-electron chi connectivity index (χ4n) is 3.01. The predicted molar refractivity (Wildman–Crippen MR) is 74.8 cm³/mol. The number of carbonyl (C=O) groups is 1. The first-order valence-corrected chi connectivity index (χ1v) is 7.43. The number of amides is 1. The minimum absolute atomic E-state index is 0.1000. The second-order valence-electron chi connectivity index (χ2n) is 6.12. The van der Waals surface area contributed by atoms with Crippen molar-refractivity contribution in [3.63, 3.8) is 0 Å². The Hall–Kier alpha value is -0.650. The van der Waals surface area contributed by atoms with Gasteiger partial charge in [-0.15, -0.1) is 0 Å². The average molecular weight is 269 g/mol. The Morgan fingerprint density at radius 3 is 2.63 bits per heavy atom. The van der Waals surface area contributed by atoms with E-state index in [1.165, 1.54) is 6.42 Å². The normalized spacial score (nSPS) is 24.5. The zero-order valence-electron chi connectivity index (χ0n) is 12.0. The predicted octanol–water partition coefficient (Wildman–Crippen LogP) is 0.342. The van der Waals surface area contributed by atoms with Crippen LogP contribution in [0.25, 0.3) is 0 Å². The van der Waals surface area contributed by atoms with Gasteiger partial charge in [-0.1, -0.05) is 6.42 Å². The Labute approximate surface area is 115 Å². The molecular formula is C14H27N3O2. The molecule has 1 aliphatic carbocycles. The van der Waals surface area contributed by atoms with Crippen molar-refractivity contribution in [3.8, 4) is 0 Å². The van der Waals surface area contributed by atoms with E-state index in [0.717, 1.165) is 45.7 Å². The molecule has 110 valence electrons. The first-order valence-electron chi connectivity index (χ1n) is 7.43. The lowest BCUT2D eigenvalue weighted by Gasteiger charge is -2.40. The molecule has 19 heavy (non-hydrogen) atoms. The number of rotatable bonds is 6. The fourth-order valence-corrected chi connectivity index (χ4v) is 3.01. The standard InChI is InChI=1S/C14H27N3O2/c1-12(10-17-5-7-19-8-6-17)16-13(18)9-14(11-15)3-2-4-14/h12H,2-11,15H2,1H3,(H,16,18). The third-order valence-corrected chi connectivity index (χ3v) is 4.43. The Morgan fingerprint density at radius 1 is 1.42 bits per heavy atom. The maximum atomic E-state index is 12.1. The lowest BCUT2D eigenvalue weighted by Crippen LogP contribution is -2.48. The molecule has 0 aromatic rings. The average Bonchev–Trinajstić information content (AvgIpc) is 2.35. The van der Waals surface area contributed by atoms with Crippen LogP contribution in [0.1, 0.15) is 32.6 Å². The number of nitrogens with one attached hydrogen (secondary N) is 1. The van der Waals surface area contributed by atoms with Crippen LogP contribution >= 0.6 is 0 Å². The summed E-state index contributed by atoms with van der Waals surface area (Å²) in [7, 11) is 0. The van der Waals surface area contributed by atoms with Gasteiger partial charge in [-0.3, -0.25) is 9.69 Å². The quantitative estimate of drug-likeness (QED) is 0.730. The van der Waals surface area contributed by atoms with Crippen molar-refractivity contribution >= 4 is 5.91 Å². The van der Waals surface area contributed by atoms with Crippen molar-refractivity contribution in [2.24, 2.45) is 11.1 Å². The van der Waals surface area contributed by atoms with Crippen molar-refractivity contribution in [2.45, 2.75) is 38.6 Å². The highest BCUT2D eigenvalue weighted by Crippen LogP contribution is 2.42. The van der Waals surface area contributed by atoms with Crippen LogP contribution in [0.4, 0.5) is 0 Å². The molecule has 0 spiro atoms. The lowest BCUT2D eigenvalue weighted by molar-refractivity contribution is -0.125. The maximum Gasteiger partial charge on any atom is 0.220 e. The summed E-state index contributed by atoms with van der Waals surface area (Å²) in [4.78, 5) is 14.4. The molecular weight excluding hydrogens is 242 g/mol. The Kier molecular flexibility index (Phi) is 5.19. The van der Waals surface area contributed by atoms with Crippen LogP contribution in [-0.4, -0.2) is 56.2 Å². The van der Waals surface area contributed by atoms with Crippen LogP contribution in [0.2, 0.25) is 0 Å². The smallest absolute Gasteiger partial charge is 0.220 e. The van der Waals surface area contributed by atoms with Gasteiger partial charge in [0.15, 0.2) is 0 Å². The van der Waals surface area contributed by atoms with E-state index in [0.29, 0.717) is 13.0 Å². The molecule has 1 saturated heterocycles. The van der Waals surface area contributed by atoms with Crippen molar-refractivity contribution in [1.29, 1.82) is 0 Å². The van der Waals surface area contributed by atoms with Gasteiger partial charge < -0.3 is 15.8 Å². The summed E-state index contributed by atoms with van der Waals surface area (Å²) in [5.74, 6) is 0.158. The first-order chi connectivity index (χ1) is 9.13. The number of carbonyl (C=O) groups excluding carboxylic acids is 1. The van der Waals surface area contributed by atoms with Gasteiger partial charge in [0.2, 0.25) is 5.91 Å². The zero-order chi connectivity index (χ0) is 13.7. The number of ether oxygens (including phenoxy) is 1. The molecule has 2 rings (SSSR count). The largest absolute Gasteiger partial charge is 0.379 e. The van der Waals surface area contributed by atoms with Crippen LogP contribution in [-0.2, 0) is 9.53 Å². The molecule has 0 aromatic heterocycles. The van der Waals surface area contributed by atoms with Crippen LogP contribution in [0.15, 0.2) is 0 Å². The Morgan fingerprint density at radius 2 is 2.11 bits per heavy atom. The molecule has 0 aromatic carbocycles.